The van der Waals surface area contributed by atoms with Gasteiger partial charge in [0.1, 0.15) is 0 Å². The fraction of sp³-hybridized carbons (Fsp3) is 0.733. The highest BCUT2D eigenvalue weighted by molar-refractivity contribution is 5.76. The Hall–Kier alpha value is -1.40. The second kappa shape index (κ2) is 7.56. The van der Waals surface area contributed by atoms with Crippen LogP contribution in [0.25, 0.3) is 0 Å². The third kappa shape index (κ3) is 4.28. The van der Waals surface area contributed by atoms with Crippen LogP contribution in [-0.4, -0.2) is 33.4 Å². The van der Waals surface area contributed by atoms with Crippen LogP contribution in [0.2, 0.25) is 0 Å². The quantitative estimate of drug-likeness (QED) is 0.696. The third-order valence-electron chi connectivity index (χ3n) is 3.97. The fourth-order valence-electron chi connectivity index (χ4n) is 2.91. The van der Waals surface area contributed by atoms with Crippen LogP contribution in [0.3, 0.4) is 0 Å². The van der Waals surface area contributed by atoms with E-state index in [1.165, 1.54) is 0 Å². The highest BCUT2D eigenvalue weighted by Gasteiger charge is 2.25. The molecule has 0 fully saturated rings. The summed E-state index contributed by atoms with van der Waals surface area (Å²) in [6.45, 7) is 2.56. The molecule has 118 valence electrons. The number of nitrogens with one attached hydrogen (secondary N) is 1. The maximum absolute atomic E-state index is 12.0. The van der Waals surface area contributed by atoms with Gasteiger partial charge in [0.2, 0.25) is 5.91 Å². The van der Waals surface area contributed by atoms with E-state index in [0.29, 0.717) is 13.0 Å². The lowest BCUT2D eigenvalue weighted by Crippen LogP contribution is -2.31. The maximum atomic E-state index is 12.0. The molecule has 1 aliphatic rings. The zero-order chi connectivity index (χ0) is 15.2. The molecule has 21 heavy (non-hydrogen) atoms. The van der Waals surface area contributed by atoms with Crippen molar-refractivity contribution in [2.75, 3.05) is 6.61 Å². The standard InChI is InChI=1S/C15H26N4O2/c1-11(16)4-2-7-15(21)18-13-5-3-6-14-12(13)10-17-19(14)8-9-20/h10-11,13,20H,2-9,16H2,1H3,(H,18,21). The molecule has 2 unspecified atom stereocenters. The number of rotatable bonds is 7. The first-order valence-corrected chi connectivity index (χ1v) is 7.82. The van der Waals surface area contributed by atoms with Crippen LogP contribution in [0.5, 0.6) is 0 Å². The van der Waals surface area contributed by atoms with Crippen molar-refractivity contribution in [3.05, 3.63) is 17.5 Å². The number of nitrogens with zero attached hydrogens (tertiary/aromatic N) is 2. The van der Waals surface area contributed by atoms with E-state index in [0.717, 1.165) is 43.4 Å². The predicted molar refractivity (Wildman–Crippen MR) is 80.6 cm³/mol. The van der Waals surface area contributed by atoms with E-state index in [-0.39, 0.29) is 24.6 Å². The molecule has 1 amide bonds. The first-order valence-electron chi connectivity index (χ1n) is 7.82. The molecule has 0 aliphatic heterocycles. The molecule has 0 bridgehead atoms. The van der Waals surface area contributed by atoms with Crippen molar-refractivity contribution in [1.82, 2.24) is 15.1 Å². The number of aliphatic hydroxyl groups is 1. The number of hydrogen-bond acceptors (Lipinski definition) is 4. The van der Waals surface area contributed by atoms with Crippen molar-refractivity contribution in [1.29, 1.82) is 0 Å². The van der Waals surface area contributed by atoms with Crippen LogP contribution in [0.15, 0.2) is 6.20 Å². The molecule has 2 atom stereocenters. The van der Waals surface area contributed by atoms with Crippen LogP contribution in [0, 0.1) is 0 Å². The molecule has 1 aliphatic carbocycles. The summed E-state index contributed by atoms with van der Waals surface area (Å²) in [5.74, 6) is 0.0865. The Balaban J connectivity index is 1.92. The van der Waals surface area contributed by atoms with E-state index in [1.807, 2.05) is 17.8 Å². The van der Waals surface area contributed by atoms with Gasteiger partial charge in [-0.1, -0.05) is 0 Å². The van der Waals surface area contributed by atoms with E-state index < -0.39 is 0 Å². The van der Waals surface area contributed by atoms with Gasteiger partial charge in [0.25, 0.3) is 0 Å². The average Bonchev–Trinajstić information content (AvgIpc) is 2.83. The number of hydrogen-bond donors (Lipinski definition) is 3. The minimum Gasteiger partial charge on any atom is -0.394 e. The molecule has 6 nitrogen and oxygen atoms in total. The van der Waals surface area contributed by atoms with E-state index in [4.69, 9.17) is 10.8 Å². The molecule has 2 rings (SSSR count). The summed E-state index contributed by atoms with van der Waals surface area (Å²) in [6, 6.07) is 0.208. The molecule has 0 radical (unpaired) electrons. The van der Waals surface area contributed by atoms with Gasteiger partial charge in [0, 0.05) is 23.7 Å². The summed E-state index contributed by atoms with van der Waals surface area (Å²) in [5.41, 5.74) is 7.95. The summed E-state index contributed by atoms with van der Waals surface area (Å²) in [6.07, 6.45) is 7.01. The minimum absolute atomic E-state index is 0.0593. The van der Waals surface area contributed by atoms with Gasteiger partial charge >= 0.3 is 0 Å². The fourth-order valence-corrected chi connectivity index (χ4v) is 2.91. The number of nitrogens with two attached hydrogens (primary N) is 1. The summed E-state index contributed by atoms with van der Waals surface area (Å²) in [5, 5.41) is 16.5. The van der Waals surface area contributed by atoms with Crippen LogP contribution >= 0.6 is 0 Å². The Labute approximate surface area is 125 Å². The highest BCUT2D eigenvalue weighted by Crippen LogP contribution is 2.29. The van der Waals surface area contributed by atoms with Gasteiger partial charge in [-0.3, -0.25) is 9.48 Å². The van der Waals surface area contributed by atoms with Gasteiger partial charge in [-0.2, -0.15) is 5.10 Å². The van der Waals surface area contributed by atoms with Gasteiger partial charge in [0.05, 0.1) is 25.4 Å². The van der Waals surface area contributed by atoms with Gasteiger partial charge in [-0.05, 0) is 39.0 Å². The number of carbonyl (C=O) groups excluding carboxylic acids is 1. The Morgan fingerprint density at radius 3 is 3.19 bits per heavy atom. The Kier molecular flexibility index (Phi) is 5.76. The lowest BCUT2D eigenvalue weighted by atomic mass is 9.92. The largest absolute Gasteiger partial charge is 0.394 e. The number of aliphatic hydroxyl groups excluding tert-OH is 1. The highest BCUT2D eigenvalue weighted by atomic mass is 16.3. The SMILES string of the molecule is CC(N)CCCC(=O)NC1CCCc2c1cnn2CCO. The van der Waals surface area contributed by atoms with Gasteiger partial charge in [-0.25, -0.2) is 0 Å². The summed E-state index contributed by atoms with van der Waals surface area (Å²) < 4.78 is 1.85. The predicted octanol–water partition coefficient (Wildman–Crippen LogP) is 0.886. The molecule has 0 aromatic carbocycles. The van der Waals surface area contributed by atoms with Crippen molar-refractivity contribution in [2.45, 2.75) is 64.1 Å². The minimum atomic E-state index is 0.0593. The van der Waals surface area contributed by atoms with Crippen LogP contribution < -0.4 is 11.1 Å². The van der Waals surface area contributed by atoms with E-state index in [2.05, 4.69) is 10.4 Å². The smallest absolute Gasteiger partial charge is 0.220 e. The Morgan fingerprint density at radius 1 is 1.67 bits per heavy atom. The summed E-state index contributed by atoms with van der Waals surface area (Å²) in [7, 11) is 0. The van der Waals surface area contributed by atoms with Gasteiger partial charge < -0.3 is 16.2 Å². The number of carbonyl (C=O) groups is 1. The molecular formula is C15H26N4O2. The van der Waals surface area contributed by atoms with Gasteiger partial charge in [0.15, 0.2) is 0 Å². The molecule has 6 heteroatoms. The zero-order valence-corrected chi connectivity index (χ0v) is 12.7. The van der Waals surface area contributed by atoms with Crippen molar-refractivity contribution in [3.8, 4) is 0 Å². The maximum Gasteiger partial charge on any atom is 0.220 e. The van der Waals surface area contributed by atoms with Crippen LogP contribution in [0.1, 0.15) is 56.3 Å². The average molecular weight is 294 g/mol. The van der Waals surface area contributed by atoms with Crippen molar-refractivity contribution >= 4 is 5.91 Å². The van der Waals surface area contributed by atoms with Crippen LogP contribution in [0.4, 0.5) is 0 Å². The topological polar surface area (TPSA) is 93.2 Å². The lowest BCUT2D eigenvalue weighted by molar-refractivity contribution is -0.122. The number of aromatic nitrogens is 2. The monoisotopic (exact) mass is 294 g/mol. The summed E-state index contributed by atoms with van der Waals surface area (Å²) in [4.78, 5) is 12.0. The third-order valence-corrected chi connectivity index (χ3v) is 3.97. The summed E-state index contributed by atoms with van der Waals surface area (Å²) >= 11 is 0. The number of amides is 1. The molecular weight excluding hydrogens is 268 g/mol. The van der Waals surface area contributed by atoms with Crippen molar-refractivity contribution in [2.24, 2.45) is 5.73 Å². The molecule has 4 N–H and O–H groups in total. The Bertz CT molecular complexity index is 470. The van der Waals surface area contributed by atoms with Crippen molar-refractivity contribution in [3.63, 3.8) is 0 Å². The molecule has 1 aromatic heterocycles. The molecule has 1 aromatic rings. The Morgan fingerprint density at radius 2 is 2.48 bits per heavy atom. The molecule has 1 heterocycles. The lowest BCUT2D eigenvalue weighted by Gasteiger charge is -2.24. The van der Waals surface area contributed by atoms with E-state index in [9.17, 15) is 4.79 Å². The van der Waals surface area contributed by atoms with Crippen molar-refractivity contribution < 1.29 is 9.90 Å². The second-order valence-electron chi connectivity index (χ2n) is 5.88. The molecule has 0 saturated heterocycles. The van der Waals surface area contributed by atoms with E-state index in [1.54, 1.807) is 0 Å². The van der Waals surface area contributed by atoms with Crippen LogP contribution in [-0.2, 0) is 17.8 Å². The van der Waals surface area contributed by atoms with E-state index >= 15 is 0 Å². The second-order valence-corrected chi connectivity index (χ2v) is 5.88. The normalized spacial score (nSPS) is 19.1. The zero-order valence-electron chi connectivity index (χ0n) is 12.7. The number of fused-ring (bicyclic) bond motifs is 1. The molecule has 0 spiro atoms. The first-order chi connectivity index (χ1) is 10.1. The molecule has 0 saturated carbocycles. The van der Waals surface area contributed by atoms with Gasteiger partial charge in [-0.15, -0.1) is 0 Å². The first kappa shape index (κ1) is 16.0.